The van der Waals surface area contributed by atoms with Crippen LogP contribution >= 0.6 is 0 Å². The van der Waals surface area contributed by atoms with E-state index in [9.17, 15) is 24.8 Å². The minimum atomic E-state index is -1.23. The first kappa shape index (κ1) is 18.9. The Balaban J connectivity index is 1.87. The van der Waals surface area contributed by atoms with Crippen LogP contribution in [0.1, 0.15) is 15.9 Å². The molecule has 0 radical (unpaired) electrons. The van der Waals surface area contributed by atoms with Crippen molar-refractivity contribution < 1.29 is 24.4 Å². The van der Waals surface area contributed by atoms with Gasteiger partial charge >= 0.3 is 5.97 Å². The molecule has 0 unspecified atom stereocenters. The van der Waals surface area contributed by atoms with E-state index in [2.05, 4.69) is 10.3 Å². The molecular formula is C19H17N3O6. The minimum absolute atomic E-state index is 0.0440. The summed E-state index contributed by atoms with van der Waals surface area (Å²) in [4.78, 5) is 37.7. The summed E-state index contributed by atoms with van der Waals surface area (Å²) in [6.45, 7) is 0. The number of hydrogen-bond donors (Lipinski definition) is 3. The number of hydrogen-bond acceptors (Lipinski definition) is 5. The van der Waals surface area contributed by atoms with Gasteiger partial charge in [0.05, 0.1) is 17.6 Å². The number of aromatic nitrogens is 1. The summed E-state index contributed by atoms with van der Waals surface area (Å²) in [6.07, 6.45) is 1.74. The number of non-ortho nitro benzene ring substituents is 1. The molecule has 3 aromatic rings. The van der Waals surface area contributed by atoms with E-state index >= 15 is 0 Å². The lowest BCUT2D eigenvalue weighted by Gasteiger charge is -2.15. The summed E-state index contributed by atoms with van der Waals surface area (Å²) in [7, 11) is 1.32. The number of aliphatic carboxylic acids is 1. The van der Waals surface area contributed by atoms with Crippen LogP contribution in [0.25, 0.3) is 10.9 Å². The number of H-pyrrole nitrogens is 1. The third-order valence-corrected chi connectivity index (χ3v) is 4.34. The van der Waals surface area contributed by atoms with E-state index in [0.717, 1.165) is 22.5 Å². The standard InChI is InChI=1S/C19H17N3O6/c1-28-17-7-6-12(22(26)27)9-14(17)18(23)21-16(19(24)25)8-11-10-20-15-5-3-2-4-13(11)15/h2-7,9-10,16,20H,8H2,1H3,(H,21,23)(H,24,25)/t16-/m0/s1. The van der Waals surface area contributed by atoms with Gasteiger partial charge in [-0.25, -0.2) is 4.79 Å². The predicted molar refractivity (Wildman–Crippen MR) is 101 cm³/mol. The Hall–Kier alpha value is -3.88. The molecule has 0 saturated heterocycles. The van der Waals surface area contributed by atoms with Crippen LogP contribution in [0.2, 0.25) is 0 Å². The molecule has 9 heteroatoms. The first-order valence-corrected chi connectivity index (χ1v) is 8.31. The van der Waals surface area contributed by atoms with E-state index in [1.165, 1.54) is 19.2 Å². The van der Waals surface area contributed by atoms with Gasteiger partial charge in [0.15, 0.2) is 0 Å². The second-order valence-corrected chi connectivity index (χ2v) is 6.07. The third kappa shape index (κ3) is 3.78. The molecule has 0 aliphatic carbocycles. The molecule has 0 fully saturated rings. The molecule has 0 bridgehead atoms. The van der Waals surface area contributed by atoms with Gasteiger partial charge in [0, 0.05) is 35.7 Å². The number of fused-ring (bicyclic) bond motifs is 1. The van der Waals surface area contributed by atoms with Gasteiger partial charge in [-0.3, -0.25) is 14.9 Å². The third-order valence-electron chi connectivity index (χ3n) is 4.34. The van der Waals surface area contributed by atoms with E-state index in [1.807, 2.05) is 24.3 Å². The van der Waals surface area contributed by atoms with E-state index in [4.69, 9.17) is 4.74 Å². The largest absolute Gasteiger partial charge is 0.496 e. The number of carbonyl (C=O) groups is 2. The number of benzene rings is 2. The summed E-state index contributed by atoms with van der Waals surface area (Å²) in [5.41, 5.74) is 1.18. The molecule has 1 atom stereocenters. The van der Waals surface area contributed by atoms with Crippen molar-refractivity contribution in [1.82, 2.24) is 10.3 Å². The summed E-state index contributed by atoms with van der Waals surface area (Å²) >= 11 is 0. The number of nitrogens with zero attached hydrogens (tertiary/aromatic N) is 1. The van der Waals surface area contributed by atoms with Crippen molar-refractivity contribution in [1.29, 1.82) is 0 Å². The van der Waals surface area contributed by atoms with Gasteiger partial charge in [0.2, 0.25) is 0 Å². The van der Waals surface area contributed by atoms with E-state index < -0.39 is 22.8 Å². The number of carboxylic acids is 1. The molecule has 2 aromatic carbocycles. The number of carboxylic acid groups (broad SMARTS) is 1. The Morgan fingerprint density at radius 1 is 1.29 bits per heavy atom. The number of carbonyl (C=O) groups excluding carboxylic acids is 1. The molecular weight excluding hydrogens is 366 g/mol. The Morgan fingerprint density at radius 3 is 2.71 bits per heavy atom. The van der Waals surface area contributed by atoms with Gasteiger partial charge in [-0.2, -0.15) is 0 Å². The fraction of sp³-hybridized carbons (Fsp3) is 0.158. The number of rotatable bonds is 7. The topological polar surface area (TPSA) is 135 Å². The molecule has 1 heterocycles. The molecule has 144 valence electrons. The van der Waals surface area contributed by atoms with Crippen LogP contribution in [0.15, 0.2) is 48.7 Å². The highest BCUT2D eigenvalue weighted by atomic mass is 16.6. The lowest BCUT2D eigenvalue weighted by molar-refractivity contribution is -0.384. The van der Waals surface area contributed by atoms with Crippen molar-refractivity contribution in [2.75, 3.05) is 7.11 Å². The van der Waals surface area contributed by atoms with Gasteiger partial charge in [0.1, 0.15) is 11.8 Å². The SMILES string of the molecule is COc1ccc([N+](=O)[O-])cc1C(=O)N[C@@H](Cc1c[nH]c2ccccc12)C(=O)O. The van der Waals surface area contributed by atoms with Crippen molar-refractivity contribution in [2.24, 2.45) is 0 Å². The lowest BCUT2D eigenvalue weighted by Crippen LogP contribution is -2.42. The van der Waals surface area contributed by atoms with Gasteiger partial charge in [-0.05, 0) is 17.7 Å². The van der Waals surface area contributed by atoms with Crippen molar-refractivity contribution in [3.05, 3.63) is 69.9 Å². The van der Waals surface area contributed by atoms with Crippen LogP contribution in [-0.4, -0.2) is 40.0 Å². The number of methoxy groups -OCH3 is 1. The maximum Gasteiger partial charge on any atom is 0.326 e. The molecule has 1 amide bonds. The quantitative estimate of drug-likeness (QED) is 0.424. The van der Waals surface area contributed by atoms with Gasteiger partial charge in [-0.15, -0.1) is 0 Å². The zero-order valence-electron chi connectivity index (χ0n) is 14.8. The summed E-state index contributed by atoms with van der Waals surface area (Å²) in [6, 6.07) is 9.73. The highest BCUT2D eigenvalue weighted by molar-refractivity contribution is 5.99. The molecule has 0 spiro atoms. The lowest BCUT2D eigenvalue weighted by atomic mass is 10.0. The highest BCUT2D eigenvalue weighted by Crippen LogP contribution is 2.24. The Morgan fingerprint density at radius 2 is 2.04 bits per heavy atom. The molecule has 28 heavy (non-hydrogen) atoms. The second-order valence-electron chi connectivity index (χ2n) is 6.07. The average Bonchev–Trinajstić information content (AvgIpc) is 3.09. The Kier molecular flexibility index (Phi) is 5.25. The zero-order chi connectivity index (χ0) is 20.3. The second kappa shape index (κ2) is 7.78. The van der Waals surface area contributed by atoms with E-state index in [-0.39, 0.29) is 23.4 Å². The number of para-hydroxylation sites is 1. The number of nitro benzene ring substituents is 1. The number of amides is 1. The highest BCUT2D eigenvalue weighted by Gasteiger charge is 2.25. The summed E-state index contributed by atoms with van der Waals surface area (Å²) in [5.74, 6) is -1.88. The minimum Gasteiger partial charge on any atom is -0.496 e. The number of aromatic amines is 1. The van der Waals surface area contributed by atoms with Gasteiger partial charge in [0.25, 0.3) is 11.6 Å². The van der Waals surface area contributed by atoms with Crippen molar-refractivity contribution in [2.45, 2.75) is 12.5 Å². The van der Waals surface area contributed by atoms with Crippen LogP contribution < -0.4 is 10.1 Å². The zero-order valence-corrected chi connectivity index (χ0v) is 14.8. The van der Waals surface area contributed by atoms with E-state index in [1.54, 1.807) is 6.20 Å². The van der Waals surface area contributed by atoms with E-state index in [0.29, 0.717) is 0 Å². The normalized spacial score (nSPS) is 11.8. The first-order valence-electron chi connectivity index (χ1n) is 8.31. The van der Waals surface area contributed by atoms with Crippen LogP contribution in [-0.2, 0) is 11.2 Å². The smallest absolute Gasteiger partial charge is 0.326 e. The van der Waals surface area contributed by atoms with Crippen molar-refractivity contribution in [3.63, 3.8) is 0 Å². The monoisotopic (exact) mass is 383 g/mol. The molecule has 1 aromatic heterocycles. The van der Waals surface area contributed by atoms with Crippen LogP contribution in [0, 0.1) is 10.1 Å². The molecule has 0 aliphatic rings. The fourth-order valence-electron chi connectivity index (χ4n) is 2.94. The van der Waals surface area contributed by atoms with Gasteiger partial charge < -0.3 is 20.1 Å². The Labute approximate surface area is 159 Å². The predicted octanol–water partition coefficient (Wildman–Crippen LogP) is 2.51. The molecule has 3 rings (SSSR count). The number of nitro groups is 1. The maximum absolute atomic E-state index is 12.6. The van der Waals surface area contributed by atoms with Crippen molar-refractivity contribution >= 4 is 28.5 Å². The van der Waals surface area contributed by atoms with Crippen molar-refractivity contribution in [3.8, 4) is 5.75 Å². The van der Waals surface area contributed by atoms with Crippen LogP contribution in [0.5, 0.6) is 5.75 Å². The molecule has 0 aliphatic heterocycles. The maximum atomic E-state index is 12.6. The van der Waals surface area contributed by atoms with Gasteiger partial charge in [-0.1, -0.05) is 18.2 Å². The average molecular weight is 383 g/mol. The first-order chi connectivity index (χ1) is 13.4. The summed E-state index contributed by atoms with van der Waals surface area (Å²) in [5, 5.41) is 23.8. The fourth-order valence-corrected chi connectivity index (χ4v) is 2.94. The molecule has 9 nitrogen and oxygen atoms in total. The van der Waals surface area contributed by atoms with Crippen LogP contribution in [0.3, 0.4) is 0 Å². The number of ether oxygens (including phenoxy) is 1. The number of nitrogens with one attached hydrogen (secondary N) is 2. The summed E-state index contributed by atoms with van der Waals surface area (Å²) < 4.78 is 5.07. The molecule has 3 N–H and O–H groups in total. The Bertz CT molecular complexity index is 1060. The van der Waals surface area contributed by atoms with Crippen LogP contribution in [0.4, 0.5) is 5.69 Å². The molecule has 0 saturated carbocycles.